The Labute approximate surface area is 164 Å². The monoisotopic (exact) mass is 378 g/mol. The van der Waals surface area contributed by atoms with Crippen molar-refractivity contribution < 1.29 is 23.7 Å². The molecular weight excluding hydrogens is 356 g/mol. The molecule has 0 aliphatic rings. The second-order valence-electron chi connectivity index (χ2n) is 5.98. The van der Waals surface area contributed by atoms with Crippen molar-refractivity contribution >= 4 is 22.6 Å². The lowest BCUT2D eigenvalue weighted by Gasteiger charge is -2.14. The lowest BCUT2D eigenvalue weighted by molar-refractivity contribution is 0.104. The zero-order valence-corrected chi connectivity index (χ0v) is 16.3. The van der Waals surface area contributed by atoms with E-state index in [9.17, 15) is 4.79 Å². The van der Waals surface area contributed by atoms with Gasteiger partial charge in [0, 0.05) is 16.5 Å². The van der Waals surface area contributed by atoms with Gasteiger partial charge in [0.05, 0.1) is 28.4 Å². The van der Waals surface area contributed by atoms with E-state index in [4.69, 9.17) is 18.9 Å². The van der Waals surface area contributed by atoms with Gasteiger partial charge in [0.2, 0.25) is 5.75 Å². The first-order chi connectivity index (χ1) is 13.6. The van der Waals surface area contributed by atoms with Crippen molar-refractivity contribution in [2.45, 2.75) is 0 Å². The Hall–Kier alpha value is -3.47. The van der Waals surface area contributed by atoms with Crippen LogP contribution in [0, 0.1) is 0 Å². The van der Waals surface area contributed by atoms with Gasteiger partial charge in [0.1, 0.15) is 5.75 Å². The normalized spacial score (nSPS) is 10.9. The molecule has 0 saturated heterocycles. The lowest BCUT2D eigenvalue weighted by atomic mass is 10.00. The maximum atomic E-state index is 12.9. The molecule has 0 aromatic heterocycles. The molecule has 28 heavy (non-hydrogen) atoms. The number of carbonyl (C=O) groups excluding carboxylic acids is 1. The highest BCUT2D eigenvalue weighted by Crippen LogP contribution is 2.40. The van der Waals surface area contributed by atoms with E-state index in [2.05, 4.69) is 0 Å². The predicted molar refractivity (Wildman–Crippen MR) is 110 cm³/mol. The third-order valence-corrected chi connectivity index (χ3v) is 4.52. The van der Waals surface area contributed by atoms with Gasteiger partial charge in [-0.3, -0.25) is 4.79 Å². The van der Waals surface area contributed by atoms with Crippen LogP contribution in [0.3, 0.4) is 0 Å². The van der Waals surface area contributed by atoms with Crippen molar-refractivity contribution in [1.82, 2.24) is 0 Å². The van der Waals surface area contributed by atoms with Gasteiger partial charge < -0.3 is 18.9 Å². The Kier molecular flexibility index (Phi) is 5.84. The smallest absolute Gasteiger partial charge is 0.203 e. The van der Waals surface area contributed by atoms with E-state index in [-0.39, 0.29) is 5.78 Å². The number of methoxy groups -OCH3 is 4. The lowest BCUT2D eigenvalue weighted by Crippen LogP contribution is -1.98. The molecule has 5 nitrogen and oxygen atoms in total. The molecule has 0 atom stereocenters. The molecule has 0 bridgehead atoms. The molecule has 5 heteroatoms. The summed E-state index contributed by atoms with van der Waals surface area (Å²) < 4.78 is 21.5. The maximum Gasteiger partial charge on any atom is 0.203 e. The fourth-order valence-electron chi connectivity index (χ4n) is 3.18. The standard InChI is InChI=1S/C23H22O5/c1-25-20-14-11-17(16-7-5-6-8-18(16)20)19(24)12-9-15-10-13-21(26-2)23(28-4)22(15)27-3/h5-14H,1-4H3. The Morgan fingerprint density at radius 2 is 1.36 bits per heavy atom. The summed E-state index contributed by atoms with van der Waals surface area (Å²) in [5.74, 6) is 2.16. The zero-order chi connectivity index (χ0) is 20.1. The summed E-state index contributed by atoms with van der Waals surface area (Å²) >= 11 is 0. The first-order valence-corrected chi connectivity index (χ1v) is 8.71. The van der Waals surface area contributed by atoms with E-state index in [0.717, 1.165) is 16.5 Å². The number of rotatable bonds is 7. The molecule has 0 fully saturated rings. The van der Waals surface area contributed by atoms with Gasteiger partial charge in [0.25, 0.3) is 0 Å². The van der Waals surface area contributed by atoms with E-state index >= 15 is 0 Å². The van der Waals surface area contributed by atoms with Gasteiger partial charge in [-0.1, -0.05) is 24.3 Å². The molecule has 3 aromatic carbocycles. The molecule has 0 saturated carbocycles. The summed E-state index contributed by atoms with van der Waals surface area (Å²) in [5, 5.41) is 1.74. The number of fused-ring (bicyclic) bond motifs is 1. The van der Waals surface area contributed by atoms with Gasteiger partial charge >= 0.3 is 0 Å². The SMILES string of the molecule is COc1ccc(C=CC(=O)c2ccc(OC)c3ccccc23)c(OC)c1OC. The Balaban J connectivity index is 2.01. The Bertz CT molecular complexity index is 1040. The zero-order valence-electron chi connectivity index (χ0n) is 16.3. The van der Waals surface area contributed by atoms with E-state index in [1.54, 1.807) is 52.7 Å². The highest BCUT2D eigenvalue weighted by molar-refractivity contribution is 6.15. The van der Waals surface area contributed by atoms with Crippen molar-refractivity contribution in [3.8, 4) is 23.0 Å². The highest BCUT2D eigenvalue weighted by Gasteiger charge is 2.15. The van der Waals surface area contributed by atoms with E-state index in [1.807, 2.05) is 30.3 Å². The first kappa shape index (κ1) is 19.3. The quantitative estimate of drug-likeness (QED) is 0.438. The second-order valence-corrected chi connectivity index (χ2v) is 5.98. The van der Waals surface area contributed by atoms with Crippen molar-refractivity contribution in [1.29, 1.82) is 0 Å². The van der Waals surface area contributed by atoms with Crippen LogP contribution < -0.4 is 18.9 Å². The fraction of sp³-hybridized carbons (Fsp3) is 0.174. The van der Waals surface area contributed by atoms with Crippen molar-refractivity contribution in [2.24, 2.45) is 0 Å². The Morgan fingerprint density at radius 1 is 0.714 bits per heavy atom. The third kappa shape index (κ3) is 3.51. The first-order valence-electron chi connectivity index (χ1n) is 8.71. The van der Waals surface area contributed by atoms with Crippen molar-refractivity contribution in [2.75, 3.05) is 28.4 Å². The number of benzene rings is 3. The number of hydrogen-bond acceptors (Lipinski definition) is 5. The second kappa shape index (κ2) is 8.48. The number of ether oxygens (including phenoxy) is 4. The van der Waals surface area contributed by atoms with Crippen LogP contribution in [0.15, 0.2) is 54.6 Å². The largest absolute Gasteiger partial charge is 0.496 e. The summed E-state index contributed by atoms with van der Waals surface area (Å²) in [6, 6.07) is 14.8. The molecule has 3 aromatic rings. The number of ketones is 1. The van der Waals surface area contributed by atoms with Crippen LogP contribution in [-0.4, -0.2) is 34.2 Å². The molecular formula is C23H22O5. The summed E-state index contributed by atoms with van der Waals surface area (Å²) in [7, 11) is 6.27. The molecule has 0 radical (unpaired) electrons. The fourth-order valence-corrected chi connectivity index (χ4v) is 3.18. The average molecular weight is 378 g/mol. The molecule has 0 amide bonds. The highest BCUT2D eigenvalue weighted by atomic mass is 16.5. The molecule has 0 aliphatic heterocycles. The topological polar surface area (TPSA) is 54.0 Å². The van der Waals surface area contributed by atoms with E-state index in [1.165, 1.54) is 6.08 Å². The Morgan fingerprint density at radius 3 is 2.00 bits per heavy atom. The summed E-state index contributed by atoms with van der Waals surface area (Å²) in [5.41, 5.74) is 1.32. The van der Waals surface area contributed by atoms with Crippen LogP contribution in [0.1, 0.15) is 15.9 Å². The minimum Gasteiger partial charge on any atom is -0.496 e. The molecule has 144 valence electrons. The number of hydrogen-bond donors (Lipinski definition) is 0. The third-order valence-electron chi connectivity index (χ3n) is 4.52. The van der Waals surface area contributed by atoms with Crippen molar-refractivity contribution in [3.05, 3.63) is 65.7 Å². The summed E-state index contributed by atoms with van der Waals surface area (Å²) in [6.07, 6.45) is 3.24. The van der Waals surface area contributed by atoms with E-state index < -0.39 is 0 Å². The van der Waals surface area contributed by atoms with Gasteiger partial charge in [-0.05, 0) is 41.8 Å². The molecule has 3 rings (SSSR count). The summed E-state index contributed by atoms with van der Waals surface area (Å²) in [4.78, 5) is 12.9. The maximum absolute atomic E-state index is 12.9. The van der Waals surface area contributed by atoms with Crippen LogP contribution in [-0.2, 0) is 0 Å². The van der Waals surface area contributed by atoms with Crippen LogP contribution in [0.4, 0.5) is 0 Å². The molecule has 0 N–H and O–H groups in total. The molecule has 0 spiro atoms. The van der Waals surface area contributed by atoms with Crippen molar-refractivity contribution in [3.63, 3.8) is 0 Å². The molecule has 0 heterocycles. The van der Waals surface area contributed by atoms with Gasteiger partial charge in [-0.25, -0.2) is 0 Å². The summed E-state index contributed by atoms with van der Waals surface area (Å²) in [6.45, 7) is 0. The van der Waals surface area contributed by atoms with E-state index in [0.29, 0.717) is 28.4 Å². The minimum atomic E-state index is -0.115. The van der Waals surface area contributed by atoms with Gasteiger partial charge in [-0.15, -0.1) is 0 Å². The van der Waals surface area contributed by atoms with Crippen LogP contribution in [0.2, 0.25) is 0 Å². The average Bonchev–Trinajstić information content (AvgIpc) is 2.75. The number of allylic oxidation sites excluding steroid dienone is 1. The van der Waals surface area contributed by atoms with Crippen LogP contribution in [0.25, 0.3) is 16.8 Å². The predicted octanol–water partition coefficient (Wildman–Crippen LogP) is 4.77. The van der Waals surface area contributed by atoms with Gasteiger partial charge in [0.15, 0.2) is 17.3 Å². The van der Waals surface area contributed by atoms with Crippen LogP contribution in [0.5, 0.6) is 23.0 Å². The minimum absolute atomic E-state index is 0.115. The molecule has 0 unspecified atom stereocenters. The molecule has 0 aliphatic carbocycles. The number of carbonyl (C=O) groups is 1. The van der Waals surface area contributed by atoms with Gasteiger partial charge in [-0.2, -0.15) is 0 Å². The van der Waals surface area contributed by atoms with Crippen LogP contribution >= 0.6 is 0 Å².